The van der Waals surface area contributed by atoms with Crippen molar-refractivity contribution in [3.05, 3.63) is 51.1 Å². The molecule has 0 aromatic heterocycles. The molecule has 0 atom stereocenters. The first-order valence-electron chi connectivity index (χ1n) is 6.37. The smallest absolute Gasteiger partial charge is 0.129 e. The summed E-state index contributed by atoms with van der Waals surface area (Å²) in [4.78, 5) is 4.25. The van der Waals surface area contributed by atoms with Gasteiger partial charge in [-0.3, -0.25) is 0 Å². The van der Waals surface area contributed by atoms with Gasteiger partial charge in [-0.2, -0.15) is 0 Å². The molecular formula is C16H18INOS. The fraction of sp³-hybridized carbons (Fsp3) is 0.250. The summed E-state index contributed by atoms with van der Waals surface area (Å²) in [5.74, 6) is 0.354. The Labute approximate surface area is 138 Å². The van der Waals surface area contributed by atoms with Crippen LogP contribution in [0.2, 0.25) is 0 Å². The average molecular weight is 399 g/mol. The highest BCUT2D eigenvalue weighted by Gasteiger charge is 2.10. The average Bonchev–Trinajstić information content (AvgIpc) is 2.37. The molecule has 2 aromatic carbocycles. The van der Waals surface area contributed by atoms with Crippen LogP contribution in [-0.2, 0) is 6.54 Å². The van der Waals surface area contributed by atoms with Gasteiger partial charge in [-0.25, -0.2) is 0 Å². The minimum atomic E-state index is 0.354. The molecule has 2 aromatic rings. The summed E-state index contributed by atoms with van der Waals surface area (Å²) in [5.41, 5.74) is 2.38. The van der Waals surface area contributed by atoms with Crippen LogP contribution in [0.4, 0.5) is 0 Å². The minimum Gasteiger partial charge on any atom is -0.507 e. The van der Waals surface area contributed by atoms with Crippen molar-refractivity contribution in [1.29, 1.82) is 0 Å². The fourth-order valence-electron chi connectivity index (χ4n) is 1.92. The Morgan fingerprint density at radius 1 is 1.15 bits per heavy atom. The third-order valence-electron chi connectivity index (χ3n) is 2.92. The summed E-state index contributed by atoms with van der Waals surface area (Å²) in [6.07, 6.45) is 0. The maximum atomic E-state index is 10.1. The van der Waals surface area contributed by atoms with Gasteiger partial charge in [0.25, 0.3) is 0 Å². The van der Waals surface area contributed by atoms with Crippen molar-refractivity contribution >= 4 is 34.4 Å². The molecule has 0 saturated carbocycles. The van der Waals surface area contributed by atoms with Gasteiger partial charge < -0.3 is 10.0 Å². The van der Waals surface area contributed by atoms with E-state index in [1.807, 2.05) is 25.1 Å². The molecule has 0 saturated heterocycles. The van der Waals surface area contributed by atoms with Crippen LogP contribution >= 0.6 is 34.4 Å². The number of aromatic hydroxyl groups is 1. The predicted octanol–water partition coefficient (Wildman–Crippen LogP) is 4.52. The summed E-state index contributed by atoms with van der Waals surface area (Å²) >= 11 is 3.93. The highest BCUT2D eigenvalue weighted by molar-refractivity contribution is 14.1. The van der Waals surface area contributed by atoms with Crippen molar-refractivity contribution in [2.45, 2.75) is 23.3 Å². The van der Waals surface area contributed by atoms with Gasteiger partial charge in [-0.15, -0.1) is 0 Å². The zero-order chi connectivity index (χ0) is 14.7. The van der Waals surface area contributed by atoms with Crippen molar-refractivity contribution < 1.29 is 5.11 Å². The van der Waals surface area contributed by atoms with Crippen LogP contribution in [0.3, 0.4) is 0 Å². The Balaban J connectivity index is 2.33. The highest BCUT2D eigenvalue weighted by Crippen LogP contribution is 2.38. The first kappa shape index (κ1) is 15.7. The van der Waals surface area contributed by atoms with E-state index in [-0.39, 0.29) is 0 Å². The van der Waals surface area contributed by atoms with Gasteiger partial charge in [0.05, 0.1) is 4.90 Å². The lowest BCUT2D eigenvalue weighted by atomic mass is 10.2. The van der Waals surface area contributed by atoms with E-state index in [0.717, 1.165) is 17.0 Å². The number of phenolic OH excluding ortho intramolecular Hbond substituents is 1. The van der Waals surface area contributed by atoms with Gasteiger partial charge in [0.15, 0.2) is 0 Å². The van der Waals surface area contributed by atoms with Crippen LogP contribution in [0.25, 0.3) is 0 Å². The number of halogens is 1. The minimum absolute atomic E-state index is 0.354. The number of phenols is 1. The molecule has 4 heteroatoms. The largest absolute Gasteiger partial charge is 0.507 e. The van der Waals surface area contributed by atoms with E-state index in [4.69, 9.17) is 0 Å². The summed E-state index contributed by atoms with van der Waals surface area (Å²) in [6.45, 7) is 2.91. The topological polar surface area (TPSA) is 23.5 Å². The third kappa shape index (κ3) is 3.90. The molecule has 0 radical (unpaired) electrons. The van der Waals surface area contributed by atoms with Gasteiger partial charge in [0.2, 0.25) is 0 Å². The number of benzene rings is 2. The Kier molecular flexibility index (Phi) is 5.35. The third-order valence-corrected chi connectivity index (χ3v) is 5.25. The Morgan fingerprint density at radius 3 is 2.55 bits per heavy atom. The molecule has 0 aliphatic rings. The number of nitrogens with zero attached hydrogens (tertiary/aromatic N) is 1. The SMILES string of the molecule is Cc1cc(O)c(Sc2ccccc2CN(C)C)cc1I. The molecule has 0 heterocycles. The molecule has 0 aliphatic heterocycles. The maximum Gasteiger partial charge on any atom is 0.129 e. The summed E-state index contributed by atoms with van der Waals surface area (Å²) in [6, 6.07) is 12.2. The van der Waals surface area contributed by atoms with Crippen molar-refractivity contribution in [3.8, 4) is 5.75 Å². The molecule has 0 amide bonds. The van der Waals surface area contributed by atoms with Gasteiger partial charge in [-0.05, 0) is 72.9 Å². The zero-order valence-corrected chi connectivity index (χ0v) is 14.8. The van der Waals surface area contributed by atoms with Crippen LogP contribution in [0.15, 0.2) is 46.2 Å². The standard InChI is InChI=1S/C16H18INOS/c1-11-8-14(19)16(9-13(11)17)20-15-7-5-4-6-12(15)10-18(2)3/h4-9,19H,10H2,1-3H3. The Hall–Kier alpha value is -0.720. The van der Waals surface area contributed by atoms with E-state index in [1.54, 1.807) is 11.8 Å². The lowest BCUT2D eigenvalue weighted by Crippen LogP contribution is -2.11. The van der Waals surface area contributed by atoms with Crippen molar-refractivity contribution in [3.63, 3.8) is 0 Å². The molecule has 0 aliphatic carbocycles. The molecule has 0 spiro atoms. The monoisotopic (exact) mass is 399 g/mol. The number of hydrogen-bond donors (Lipinski definition) is 1. The second-order valence-corrected chi connectivity index (χ2v) is 7.26. The summed E-state index contributed by atoms with van der Waals surface area (Å²) in [5, 5.41) is 10.1. The van der Waals surface area contributed by atoms with E-state index in [1.165, 1.54) is 14.0 Å². The fourth-order valence-corrected chi connectivity index (χ4v) is 3.59. The molecule has 0 unspecified atom stereocenters. The van der Waals surface area contributed by atoms with Crippen LogP contribution in [-0.4, -0.2) is 24.1 Å². The van der Waals surface area contributed by atoms with Crippen LogP contribution in [0.1, 0.15) is 11.1 Å². The van der Waals surface area contributed by atoms with Crippen LogP contribution in [0.5, 0.6) is 5.75 Å². The van der Waals surface area contributed by atoms with E-state index in [0.29, 0.717) is 5.75 Å². The highest BCUT2D eigenvalue weighted by atomic mass is 127. The molecule has 0 fully saturated rings. The molecule has 2 rings (SSSR count). The number of aryl methyl sites for hydroxylation is 1. The lowest BCUT2D eigenvalue weighted by Gasteiger charge is -2.14. The van der Waals surface area contributed by atoms with Crippen molar-refractivity contribution in [2.24, 2.45) is 0 Å². The quantitative estimate of drug-likeness (QED) is 0.765. The Bertz CT molecular complexity index is 613. The molecule has 106 valence electrons. The maximum absolute atomic E-state index is 10.1. The molecular weight excluding hydrogens is 381 g/mol. The van der Waals surface area contributed by atoms with Gasteiger partial charge >= 0.3 is 0 Å². The molecule has 0 bridgehead atoms. The number of rotatable bonds is 4. The number of hydrogen-bond acceptors (Lipinski definition) is 3. The molecule has 20 heavy (non-hydrogen) atoms. The first-order chi connectivity index (χ1) is 9.47. The van der Waals surface area contributed by atoms with Crippen molar-refractivity contribution in [1.82, 2.24) is 4.90 Å². The molecule has 2 nitrogen and oxygen atoms in total. The van der Waals surface area contributed by atoms with Crippen LogP contribution in [0, 0.1) is 10.5 Å². The van der Waals surface area contributed by atoms with E-state index in [2.05, 4.69) is 59.8 Å². The second-order valence-electron chi connectivity index (χ2n) is 5.02. The lowest BCUT2D eigenvalue weighted by molar-refractivity contribution is 0.399. The predicted molar refractivity (Wildman–Crippen MR) is 93.5 cm³/mol. The van der Waals surface area contributed by atoms with Crippen molar-refractivity contribution in [2.75, 3.05) is 14.1 Å². The van der Waals surface area contributed by atoms with Gasteiger partial charge in [-0.1, -0.05) is 30.0 Å². The summed E-state index contributed by atoms with van der Waals surface area (Å²) in [7, 11) is 4.13. The van der Waals surface area contributed by atoms with Crippen LogP contribution < -0.4 is 0 Å². The second kappa shape index (κ2) is 6.83. The Morgan fingerprint density at radius 2 is 1.85 bits per heavy atom. The van der Waals surface area contributed by atoms with Gasteiger partial charge in [0, 0.05) is 15.0 Å². The van der Waals surface area contributed by atoms with E-state index in [9.17, 15) is 5.11 Å². The summed E-state index contributed by atoms with van der Waals surface area (Å²) < 4.78 is 1.17. The van der Waals surface area contributed by atoms with Gasteiger partial charge in [0.1, 0.15) is 5.75 Å². The van der Waals surface area contributed by atoms with E-state index >= 15 is 0 Å². The van der Waals surface area contributed by atoms with E-state index < -0.39 is 0 Å². The first-order valence-corrected chi connectivity index (χ1v) is 8.26. The normalized spacial score (nSPS) is 11.1. The molecule has 1 N–H and O–H groups in total. The zero-order valence-electron chi connectivity index (χ0n) is 11.9.